The molecule has 0 fully saturated rings. The number of ether oxygens (including phenoxy) is 1. The maximum absolute atomic E-state index is 5.83. The highest BCUT2D eigenvalue weighted by atomic mass is 79.9. The fourth-order valence-corrected chi connectivity index (χ4v) is 2.14. The zero-order valence-electron chi connectivity index (χ0n) is 9.95. The largest absolute Gasteiger partial charge is 0.484 e. The number of halogens is 1. The van der Waals surface area contributed by atoms with Gasteiger partial charge in [-0.05, 0) is 40.2 Å². The van der Waals surface area contributed by atoms with Gasteiger partial charge in [-0.1, -0.05) is 12.1 Å². The molecular formula is C13H11BrN4O. The molecule has 0 aliphatic carbocycles. The Kier molecular flexibility index (Phi) is 3.08. The monoisotopic (exact) mass is 318 g/mol. The number of hydrogen-bond acceptors (Lipinski definition) is 4. The molecule has 3 aromatic rings. The molecule has 2 heterocycles. The van der Waals surface area contributed by atoms with Gasteiger partial charge in [0.25, 0.3) is 0 Å². The van der Waals surface area contributed by atoms with Crippen molar-refractivity contribution in [2.24, 2.45) is 0 Å². The molecule has 0 saturated heterocycles. The molecule has 0 amide bonds. The van der Waals surface area contributed by atoms with Crippen molar-refractivity contribution in [3.05, 3.63) is 52.9 Å². The first-order chi connectivity index (χ1) is 9.24. The van der Waals surface area contributed by atoms with E-state index in [1.165, 1.54) is 0 Å². The second kappa shape index (κ2) is 4.89. The van der Waals surface area contributed by atoms with E-state index in [1.54, 1.807) is 16.8 Å². The molecule has 0 atom stereocenters. The van der Waals surface area contributed by atoms with Crippen LogP contribution >= 0.6 is 15.9 Å². The third-order valence-corrected chi connectivity index (χ3v) is 3.28. The van der Waals surface area contributed by atoms with Crippen LogP contribution in [0.4, 0.5) is 5.69 Å². The minimum atomic E-state index is 0.295. The Balaban J connectivity index is 1.83. The molecule has 0 unspecified atom stereocenters. The minimum absolute atomic E-state index is 0.295. The SMILES string of the molecule is Nc1cccn2nc(COc3ccccc3Br)nc12. The van der Waals surface area contributed by atoms with Crippen molar-refractivity contribution in [1.82, 2.24) is 14.6 Å². The highest BCUT2D eigenvalue weighted by Crippen LogP contribution is 2.24. The fraction of sp³-hybridized carbons (Fsp3) is 0.0769. The number of fused-ring (bicyclic) bond motifs is 1. The summed E-state index contributed by atoms with van der Waals surface area (Å²) < 4.78 is 8.21. The Morgan fingerprint density at radius 2 is 2.05 bits per heavy atom. The average Bonchev–Trinajstić information content (AvgIpc) is 2.82. The fourth-order valence-electron chi connectivity index (χ4n) is 1.74. The van der Waals surface area contributed by atoms with E-state index in [9.17, 15) is 0 Å². The second-order valence-corrected chi connectivity index (χ2v) is 4.83. The van der Waals surface area contributed by atoms with Crippen LogP contribution in [0.15, 0.2) is 47.1 Å². The number of rotatable bonds is 3. The van der Waals surface area contributed by atoms with Crippen LogP contribution in [0.5, 0.6) is 5.75 Å². The van der Waals surface area contributed by atoms with E-state index in [0.717, 1.165) is 10.2 Å². The summed E-state index contributed by atoms with van der Waals surface area (Å²) in [5, 5.41) is 4.30. The van der Waals surface area contributed by atoms with Gasteiger partial charge in [0.2, 0.25) is 0 Å². The summed E-state index contributed by atoms with van der Waals surface area (Å²) in [6, 6.07) is 11.3. The maximum atomic E-state index is 5.83. The lowest BCUT2D eigenvalue weighted by Crippen LogP contribution is -1.98. The Morgan fingerprint density at radius 1 is 1.21 bits per heavy atom. The van der Waals surface area contributed by atoms with Crippen molar-refractivity contribution in [2.75, 3.05) is 5.73 Å². The van der Waals surface area contributed by atoms with Crippen molar-refractivity contribution in [3.8, 4) is 5.75 Å². The summed E-state index contributed by atoms with van der Waals surface area (Å²) in [6.45, 7) is 0.295. The van der Waals surface area contributed by atoms with Gasteiger partial charge in [-0.3, -0.25) is 0 Å². The molecule has 0 saturated carbocycles. The van der Waals surface area contributed by atoms with Crippen molar-refractivity contribution in [2.45, 2.75) is 6.61 Å². The third kappa shape index (κ3) is 2.39. The van der Waals surface area contributed by atoms with Crippen molar-refractivity contribution in [3.63, 3.8) is 0 Å². The van der Waals surface area contributed by atoms with Crippen molar-refractivity contribution < 1.29 is 4.74 Å². The number of anilines is 1. The highest BCUT2D eigenvalue weighted by molar-refractivity contribution is 9.10. The van der Waals surface area contributed by atoms with Gasteiger partial charge in [0.15, 0.2) is 11.5 Å². The van der Waals surface area contributed by atoms with E-state index in [2.05, 4.69) is 26.0 Å². The maximum Gasteiger partial charge on any atom is 0.189 e. The molecule has 0 bridgehead atoms. The number of nitrogens with zero attached hydrogens (tertiary/aromatic N) is 3. The van der Waals surface area contributed by atoms with Crippen LogP contribution in [0.1, 0.15) is 5.82 Å². The molecule has 0 spiro atoms. The zero-order valence-corrected chi connectivity index (χ0v) is 11.5. The van der Waals surface area contributed by atoms with Gasteiger partial charge in [0.05, 0.1) is 10.2 Å². The van der Waals surface area contributed by atoms with Crippen LogP contribution in [0, 0.1) is 0 Å². The first-order valence-electron chi connectivity index (χ1n) is 5.71. The van der Waals surface area contributed by atoms with Crippen molar-refractivity contribution >= 4 is 27.3 Å². The molecule has 0 aliphatic heterocycles. The molecule has 2 N–H and O–H groups in total. The summed E-state index contributed by atoms with van der Waals surface area (Å²) in [6.07, 6.45) is 1.81. The summed E-state index contributed by atoms with van der Waals surface area (Å²) in [5.74, 6) is 1.35. The molecule has 1 aromatic carbocycles. The van der Waals surface area contributed by atoms with Crippen LogP contribution < -0.4 is 10.5 Å². The lowest BCUT2D eigenvalue weighted by molar-refractivity contribution is 0.294. The number of para-hydroxylation sites is 1. The Morgan fingerprint density at radius 3 is 2.84 bits per heavy atom. The number of nitrogens with two attached hydrogens (primary N) is 1. The zero-order chi connectivity index (χ0) is 13.2. The Bertz CT molecular complexity index is 725. The van der Waals surface area contributed by atoms with Gasteiger partial charge in [-0.2, -0.15) is 0 Å². The predicted molar refractivity (Wildman–Crippen MR) is 75.9 cm³/mol. The van der Waals surface area contributed by atoms with Gasteiger partial charge in [-0.25, -0.2) is 9.50 Å². The molecule has 6 heteroatoms. The van der Waals surface area contributed by atoms with Gasteiger partial charge in [0, 0.05) is 6.20 Å². The first-order valence-corrected chi connectivity index (χ1v) is 6.50. The lowest BCUT2D eigenvalue weighted by atomic mass is 10.3. The topological polar surface area (TPSA) is 65.4 Å². The molecule has 2 aromatic heterocycles. The summed E-state index contributed by atoms with van der Waals surface area (Å²) in [7, 11) is 0. The number of hydrogen-bond donors (Lipinski definition) is 1. The molecule has 3 rings (SSSR count). The molecule has 0 aliphatic rings. The number of pyridine rings is 1. The average molecular weight is 319 g/mol. The standard InChI is InChI=1S/C13H11BrN4O/c14-9-4-1-2-6-11(9)19-8-12-16-13-10(15)5-3-7-18(13)17-12/h1-7H,8,15H2. The van der Waals surface area contributed by atoms with E-state index < -0.39 is 0 Å². The van der Waals surface area contributed by atoms with Crippen LogP contribution in [-0.2, 0) is 6.61 Å². The van der Waals surface area contributed by atoms with Gasteiger partial charge in [0.1, 0.15) is 12.4 Å². The molecule has 96 valence electrons. The predicted octanol–water partition coefficient (Wildman–Crippen LogP) is 2.65. The highest BCUT2D eigenvalue weighted by Gasteiger charge is 2.07. The van der Waals surface area contributed by atoms with E-state index in [4.69, 9.17) is 10.5 Å². The quantitative estimate of drug-likeness (QED) is 0.806. The normalized spacial score (nSPS) is 10.8. The van der Waals surface area contributed by atoms with E-state index in [-0.39, 0.29) is 0 Å². The van der Waals surface area contributed by atoms with Gasteiger partial charge < -0.3 is 10.5 Å². The molecule has 5 nitrogen and oxygen atoms in total. The van der Waals surface area contributed by atoms with Crippen LogP contribution in [-0.4, -0.2) is 14.6 Å². The Hall–Kier alpha value is -2.08. The van der Waals surface area contributed by atoms with E-state index in [1.807, 2.05) is 30.3 Å². The van der Waals surface area contributed by atoms with Gasteiger partial charge >= 0.3 is 0 Å². The summed E-state index contributed by atoms with van der Waals surface area (Å²) in [4.78, 5) is 4.34. The second-order valence-electron chi connectivity index (χ2n) is 3.98. The number of nitrogen functional groups attached to an aromatic ring is 1. The Labute approximate surface area is 118 Å². The van der Waals surface area contributed by atoms with E-state index in [0.29, 0.717) is 23.8 Å². The number of benzene rings is 1. The summed E-state index contributed by atoms with van der Waals surface area (Å²) >= 11 is 3.43. The first kappa shape index (κ1) is 12.0. The third-order valence-electron chi connectivity index (χ3n) is 2.63. The van der Waals surface area contributed by atoms with Crippen LogP contribution in [0.3, 0.4) is 0 Å². The molecule has 0 radical (unpaired) electrons. The number of aromatic nitrogens is 3. The molecular weight excluding hydrogens is 308 g/mol. The summed E-state index contributed by atoms with van der Waals surface area (Å²) in [5.41, 5.74) is 7.07. The van der Waals surface area contributed by atoms with Crippen LogP contribution in [0.2, 0.25) is 0 Å². The minimum Gasteiger partial charge on any atom is -0.484 e. The lowest BCUT2D eigenvalue weighted by Gasteiger charge is -2.04. The van der Waals surface area contributed by atoms with Crippen LogP contribution in [0.25, 0.3) is 5.65 Å². The van der Waals surface area contributed by atoms with Gasteiger partial charge in [-0.15, -0.1) is 5.10 Å². The smallest absolute Gasteiger partial charge is 0.189 e. The van der Waals surface area contributed by atoms with E-state index >= 15 is 0 Å². The van der Waals surface area contributed by atoms with Crippen molar-refractivity contribution in [1.29, 1.82) is 0 Å². The molecule has 19 heavy (non-hydrogen) atoms.